The van der Waals surface area contributed by atoms with Gasteiger partial charge in [-0.2, -0.15) is 0 Å². The molecule has 0 aliphatic carbocycles. The van der Waals surface area contributed by atoms with Crippen molar-refractivity contribution in [2.75, 3.05) is 0 Å². The summed E-state index contributed by atoms with van der Waals surface area (Å²) in [7, 11) is 0. The van der Waals surface area contributed by atoms with Crippen molar-refractivity contribution in [1.82, 2.24) is 4.98 Å². The molecule has 0 spiro atoms. The molecule has 68 valence electrons. The van der Waals surface area contributed by atoms with Crippen LogP contribution in [0.1, 0.15) is 5.56 Å². The van der Waals surface area contributed by atoms with Gasteiger partial charge in [0.2, 0.25) is 0 Å². The number of H-pyrrole nitrogens is 1. The molecular formula is C8H6ClNO3. The van der Waals surface area contributed by atoms with E-state index < -0.39 is 5.76 Å². The summed E-state index contributed by atoms with van der Waals surface area (Å²) in [5.41, 5.74) is 1.50. The maximum Gasteiger partial charge on any atom is 0.417 e. The number of rotatable bonds is 1. The van der Waals surface area contributed by atoms with Gasteiger partial charge in [-0.25, -0.2) is 4.79 Å². The Morgan fingerprint density at radius 1 is 1.54 bits per heavy atom. The van der Waals surface area contributed by atoms with Gasteiger partial charge in [-0.05, 0) is 11.6 Å². The normalized spacial score (nSPS) is 10.9. The number of halogens is 1. The zero-order chi connectivity index (χ0) is 9.42. The lowest BCUT2D eigenvalue weighted by atomic mass is 10.2. The number of oxazole rings is 1. The molecule has 0 saturated heterocycles. The minimum Gasteiger partial charge on any atom is -0.408 e. The molecule has 0 unspecified atom stereocenters. The van der Waals surface area contributed by atoms with Crippen molar-refractivity contribution in [3.8, 4) is 0 Å². The molecule has 1 aromatic heterocycles. The summed E-state index contributed by atoms with van der Waals surface area (Å²) in [6, 6.07) is 3.09. The number of aromatic nitrogens is 1. The fourth-order valence-electron chi connectivity index (χ4n) is 1.14. The third kappa shape index (κ3) is 1.34. The first-order chi connectivity index (χ1) is 6.20. The van der Waals surface area contributed by atoms with E-state index in [1.54, 1.807) is 6.07 Å². The van der Waals surface area contributed by atoms with Crippen LogP contribution in [0.15, 0.2) is 21.3 Å². The van der Waals surface area contributed by atoms with Crippen LogP contribution in [0, 0.1) is 0 Å². The molecule has 2 N–H and O–H groups in total. The van der Waals surface area contributed by atoms with Gasteiger partial charge in [0, 0.05) is 11.1 Å². The minimum absolute atomic E-state index is 0.165. The van der Waals surface area contributed by atoms with Crippen molar-refractivity contribution in [2.24, 2.45) is 0 Å². The van der Waals surface area contributed by atoms with E-state index in [4.69, 9.17) is 21.1 Å². The molecule has 0 amide bonds. The Kier molecular flexibility index (Phi) is 1.86. The number of aromatic amines is 1. The molecule has 4 nitrogen and oxygen atoms in total. The Morgan fingerprint density at radius 2 is 2.31 bits per heavy atom. The minimum atomic E-state index is -0.527. The fraction of sp³-hybridized carbons (Fsp3) is 0.125. The molecule has 0 saturated carbocycles. The Balaban J connectivity index is 2.80. The summed E-state index contributed by atoms with van der Waals surface area (Å²) >= 11 is 5.78. The smallest absolute Gasteiger partial charge is 0.408 e. The highest BCUT2D eigenvalue weighted by Crippen LogP contribution is 2.21. The van der Waals surface area contributed by atoms with E-state index in [2.05, 4.69) is 4.98 Å². The molecule has 0 aliphatic rings. The average molecular weight is 200 g/mol. The van der Waals surface area contributed by atoms with Gasteiger partial charge >= 0.3 is 5.76 Å². The van der Waals surface area contributed by atoms with E-state index in [1.165, 1.54) is 6.07 Å². The zero-order valence-corrected chi connectivity index (χ0v) is 7.26. The summed E-state index contributed by atoms with van der Waals surface area (Å²) < 4.78 is 4.77. The SMILES string of the molecule is O=c1[nH]c2cc(CO)c(Cl)cc2o1. The van der Waals surface area contributed by atoms with Crippen molar-refractivity contribution < 1.29 is 9.52 Å². The standard InChI is InChI=1S/C8H6ClNO3/c9-5-2-7-6(1-4(5)3-11)10-8(12)13-7/h1-2,11H,3H2,(H,10,12). The van der Waals surface area contributed by atoms with E-state index in [0.717, 1.165) is 0 Å². The van der Waals surface area contributed by atoms with E-state index >= 15 is 0 Å². The first-order valence-corrected chi connectivity index (χ1v) is 4.00. The van der Waals surface area contributed by atoms with Gasteiger partial charge in [0.05, 0.1) is 12.1 Å². The van der Waals surface area contributed by atoms with Gasteiger partial charge in [0.15, 0.2) is 5.58 Å². The molecule has 0 fully saturated rings. The summed E-state index contributed by atoms with van der Waals surface area (Å²) in [4.78, 5) is 13.2. The summed E-state index contributed by atoms with van der Waals surface area (Å²) in [6.07, 6.45) is 0. The van der Waals surface area contributed by atoms with Crippen LogP contribution < -0.4 is 5.76 Å². The highest BCUT2D eigenvalue weighted by Gasteiger charge is 2.05. The molecule has 5 heteroatoms. The molecule has 1 heterocycles. The second-order valence-electron chi connectivity index (χ2n) is 2.61. The quantitative estimate of drug-likeness (QED) is 0.727. The van der Waals surface area contributed by atoms with Crippen LogP contribution in [0.4, 0.5) is 0 Å². The highest BCUT2D eigenvalue weighted by atomic mass is 35.5. The molecule has 0 radical (unpaired) electrons. The predicted octanol–water partition coefficient (Wildman–Crippen LogP) is 1.27. The van der Waals surface area contributed by atoms with Gasteiger partial charge in [-0.1, -0.05) is 11.6 Å². The Bertz CT molecular complexity index is 500. The third-order valence-electron chi connectivity index (χ3n) is 1.76. The van der Waals surface area contributed by atoms with Gasteiger partial charge in [-0.3, -0.25) is 4.98 Å². The van der Waals surface area contributed by atoms with Crippen molar-refractivity contribution in [3.63, 3.8) is 0 Å². The highest BCUT2D eigenvalue weighted by molar-refractivity contribution is 6.32. The van der Waals surface area contributed by atoms with Crippen LogP contribution in [0.25, 0.3) is 11.1 Å². The van der Waals surface area contributed by atoms with Crippen molar-refractivity contribution >= 4 is 22.7 Å². The van der Waals surface area contributed by atoms with Crippen molar-refractivity contribution in [1.29, 1.82) is 0 Å². The van der Waals surface area contributed by atoms with Gasteiger partial charge < -0.3 is 9.52 Å². The van der Waals surface area contributed by atoms with E-state index in [1.807, 2.05) is 0 Å². The molecule has 0 bridgehead atoms. The first-order valence-electron chi connectivity index (χ1n) is 3.63. The van der Waals surface area contributed by atoms with Crippen LogP contribution in [-0.4, -0.2) is 10.1 Å². The second-order valence-corrected chi connectivity index (χ2v) is 3.02. The summed E-state index contributed by atoms with van der Waals surface area (Å²) in [6.45, 7) is -0.165. The van der Waals surface area contributed by atoms with Crippen LogP contribution in [0.5, 0.6) is 0 Å². The number of fused-ring (bicyclic) bond motifs is 1. The summed E-state index contributed by atoms with van der Waals surface area (Å²) in [5.74, 6) is -0.527. The molecule has 1 aromatic carbocycles. The molecular weight excluding hydrogens is 194 g/mol. The van der Waals surface area contributed by atoms with Gasteiger partial charge in [0.1, 0.15) is 0 Å². The number of benzene rings is 1. The maximum atomic E-state index is 10.8. The number of hydrogen-bond acceptors (Lipinski definition) is 3. The topological polar surface area (TPSA) is 66.2 Å². The zero-order valence-electron chi connectivity index (χ0n) is 6.50. The molecule has 2 rings (SSSR count). The maximum absolute atomic E-state index is 10.8. The lowest BCUT2D eigenvalue weighted by molar-refractivity contribution is 0.282. The van der Waals surface area contributed by atoms with E-state index in [0.29, 0.717) is 21.7 Å². The Morgan fingerprint density at radius 3 is 3.00 bits per heavy atom. The van der Waals surface area contributed by atoms with Crippen molar-refractivity contribution in [2.45, 2.75) is 6.61 Å². The predicted molar refractivity (Wildman–Crippen MR) is 47.8 cm³/mol. The Hall–Kier alpha value is -1.26. The van der Waals surface area contributed by atoms with E-state index in [9.17, 15) is 4.79 Å². The lowest BCUT2D eigenvalue weighted by Crippen LogP contribution is -1.93. The summed E-state index contributed by atoms with van der Waals surface area (Å²) in [5, 5.41) is 9.26. The number of hydrogen-bond donors (Lipinski definition) is 2. The third-order valence-corrected chi connectivity index (χ3v) is 2.11. The monoisotopic (exact) mass is 199 g/mol. The number of nitrogens with one attached hydrogen (secondary N) is 1. The average Bonchev–Trinajstić information content (AvgIpc) is 2.42. The molecule has 0 aliphatic heterocycles. The van der Waals surface area contributed by atoms with Crippen LogP contribution in [0.3, 0.4) is 0 Å². The molecule has 13 heavy (non-hydrogen) atoms. The van der Waals surface area contributed by atoms with Crippen LogP contribution in [-0.2, 0) is 6.61 Å². The number of aliphatic hydroxyl groups excluding tert-OH is 1. The first kappa shape index (κ1) is 8.34. The van der Waals surface area contributed by atoms with Gasteiger partial charge in [0.25, 0.3) is 0 Å². The largest absolute Gasteiger partial charge is 0.417 e. The van der Waals surface area contributed by atoms with Crippen LogP contribution >= 0.6 is 11.6 Å². The number of aliphatic hydroxyl groups is 1. The van der Waals surface area contributed by atoms with Gasteiger partial charge in [-0.15, -0.1) is 0 Å². The fourth-order valence-corrected chi connectivity index (χ4v) is 1.35. The second kappa shape index (κ2) is 2.90. The molecule has 2 aromatic rings. The molecule has 0 atom stereocenters. The van der Waals surface area contributed by atoms with E-state index in [-0.39, 0.29) is 6.61 Å². The lowest BCUT2D eigenvalue weighted by Gasteiger charge is -1.97. The Labute approximate surface area is 77.8 Å². The van der Waals surface area contributed by atoms with Crippen LogP contribution in [0.2, 0.25) is 5.02 Å². The van der Waals surface area contributed by atoms with Crippen molar-refractivity contribution in [3.05, 3.63) is 33.3 Å².